The van der Waals surface area contributed by atoms with E-state index >= 15 is 0 Å². The first-order valence-electron chi connectivity index (χ1n) is 13.7. The molecule has 3 N–H and O–H groups in total. The van der Waals surface area contributed by atoms with Gasteiger partial charge < -0.3 is 20.7 Å². The van der Waals surface area contributed by atoms with E-state index in [1.807, 2.05) is 72.3 Å². The van der Waals surface area contributed by atoms with Crippen LogP contribution in [0.3, 0.4) is 0 Å². The van der Waals surface area contributed by atoms with Gasteiger partial charge in [-0.15, -0.1) is 0 Å². The third kappa shape index (κ3) is 6.66. The number of para-hydroxylation sites is 1. The molecule has 208 valence electrons. The van der Waals surface area contributed by atoms with Gasteiger partial charge in [-0.3, -0.25) is 9.80 Å². The molecular formula is C30H41N7O2. The van der Waals surface area contributed by atoms with Crippen molar-refractivity contribution in [1.82, 2.24) is 14.9 Å². The van der Waals surface area contributed by atoms with Crippen LogP contribution < -0.4 is 20.9 Å². The number of fused-ring (bicyclic) bond motifs is 1. The summed E-state index contributed by atoms with van der Waals surface area (Å²) in [5.74, 6) is 1.12. The fourth-order valence-electron chi connectivity index (χ4n) is 4.83. The van der Waals surface area contributed by atoms with E-state index in [0.717, 1.165) is 54.0 Å². The van der Waals surface area contributed by atoms with Gasteiger partial charge in [0.1, 0.15) is 5.82 Å². The number of ether oxygens (including phenoxy) is 1. The van der Waals surface area contributed by atoms with Gasteiger partial charge in [0.2, 0.25) is 5.95 Å². The molecule has 5 rings (SSSR count). The van der Waals surface area contributed by atoms with E-state index in [4.69, 9.17) is 15.5 Å². The molecule has 3 aromatic rings. The van der Waals surface area contributed by atoms with Gasteiger partial charge in [-0.05, 0) is 82.2 Å². The topological polar surface area (TPSA) is 99.8 Å². The Hall–Kier alpha value is -3.69. The Kier molecular flexibility index (Phi) is 9.37. The summed E-state index contributed by atoms with van der Waals surface area (Å²) < 4.78 is 5.57. The molecular weight excluding hydrogens is 490 g/mol. The van der Waals surface area contributed by atoms with E-state index in [0.29, 0.717) is 37.2 Å². The molecule has 0 bridgehead atoms. The molecule has 2 amide bonds. The number of aromatic nitrogens is 2. The molecule has 0 aliphatic carbocycles. The zero-order valence-corrected chi connectivity index (χ0v) is 23.8. The minimum Gasteiger partial charge on any atom is -0.399 e. The standard InChI is InChI=1S/C25H28N6O2.C5H13N/c1-16-4-3-5-17(2)22(16)30-15-18-14-27-24(28-20-8-6-19(26)7-9-20)29-23(18)31(25(30)32)21-10-12-33-13-11-21;1-4-6(3)5-2/h3-9,14,21H,10-13,15,26H2,1-2H3,(H,27,28,29);4-5H2,1-3H3. The number of hydrogen-bond donors (Lipinski definition) is 2. The number of carbonyl (C=O) groups is 1. The molecule has 9 nitrogen and oxygen atoms in total. The van der Waals surface area contributed by atoms with Gasteiger partial charge in [-0.2, -0.15) is 4.98 Å². The molecule has 0 unspecified atom stereocenters. The van der Waals surface area contributed by atoms with Crippen molar-refractivity contribution in [2.75, 3.05) is 54.2 Å². The number of nitrogens with one attached hydrogen (secondary N) is 1. The number of nitrogens with zero attached hydrogens (tertiary/aromatic N) is 5. The molecule has 1 fully saturated rings. The minimum absolute atomic E-state index is 0.0244. The summed E-state index contributed by atoms with van der Waals surface area (Å²) in [7, 11) is 2.11. The second-order valence-corrected chi connectivity index (χ2v) is 10.1. The van der Waals surface area contributed by atoms with Gasteiger partial charge >= 0.3 is 6.03 Å². The molecule has 39 heavy (non-hydrogen) atoms. The fourth-order valence-corrected chi connectivity index (χ4v) is 4.83. The molecule has 2 aromatic carbocycles. The zero-order valence-electron chi connectivity index (χ0n) is 23.8. The first kappa shape index (κ1) is 28.3. The van der Waals surface area contributed by atoms with E-state index < -0.39 is 0 Å². The average Bonchev–Trinajstić information content (AvgIpc) is 2.95. The van der Waals surface area contributed by atoms with Crippen LogP contribution >= 0.6 is 0 Å². The minimum atomic E-state index is -0.0519. The van der Waals surface area contributed by atoms with Gasteiger partial charge in [0, 0.05) is 42.4 Å². The van der Waals surface area contributed by atoms with Crippen LogP contribution in [0.25, 0.3) is 0 Å². The van der Waals surface area contributed by atoms with Crippen molar-refractivity contribution in [3.63, 3.8) is 0 Å². The van der Waals surface area contributed by atoms with Crippen molar-refractivity contribution < 1.29 is 9.53 Å². The lowest BCUT2D eigenvalue weighted by Crippen LogP contribution is -2.54. The summed E-state index contributed by atoms with van der Waals surface area (Å²) in [5.41, 5.74) is 11.3. The smallest absolute Gasteiger partial charge is 0.330 e. The normalized spacial score (nSPS) is 15.6. The van der Waals surface area contributed by atoms with Crippen LogP contribution in [-0.4, -0.2) is 60.3 Å². The highest BCUT2D eigenvalue weighted by Gasteiger charge is 2.38. The number of urea groups is 1. The van der Waals surface area contributed by atoms with E-state index in [1.54, 1.807) is 0 Å². The first-order chi connectivity index (χ1) is 18.8. The van der Waals surface area contributed by atoms with Crippen LogP contribution in [0.15, 0.2) is 48.7 Å². The van der Waals surface area contributed by atoms with Crippen molar-refractivity contribution in [3.05, 3.63) is 65.4 Å². The van der Waals surface area contributed by atoms with Crippen molar-refractivity contribution in [2.24, 2.45) is 0 Å². The van der Waals surface area contributed by atoms with Gasteiger partial charge in [0.05, 0.1) is 12.2 Å². The lowest BCUT2D eigenvalue weighted by atomic mass is 10.0. The molecule has 2 aliphatic rings. The number of anilines is 5. The Morgan fingerprint density at radius 2 is 1.69 bits per heavy atom. The predicted molar refractivity (Wildman–Crippen MR) is 159 cm³/mol. The summed E-state index contributed by atoms with van der Waals surface area (Å²) in [4.78, 5) is 29.2. The maximum atomic E-state index is 13.9. The van der Waals surface area contributed by atoms with Gasteiger partial charge in [0.15, 0.2) is 0 Å². The Morgan fingerprint density at radius 3 is 2.28 bits per heavy atom. The molecule has 0 radical (unpaired) electrons. The summed E-state index contributed by atoms with van der Waals surface area (Å²) in [6, 6.07) is 13.5. The van der Waals surface area contributed by atoms with Crippen LogP contribution in [0.5, 0.6) is 0 Å². The predicted octanol–water partition coefficient (Wildman–Crippen LogP) is 5.50. The van der Waals surface area contributed by atoms with Crippen molar-refractivity contribution in [1.29, 1.82) is 0 Å². The highest BCUT2D eigenvalue weighted by molar-refractivity contribution is 6.06. The number of rotatable bonds is 6. The number of aryl methyl sites for hydroxylation is 2. The highest BCUT2D eigenvalue weighted by atomic mass is 16.5. The average molecular weight is 532 g/mol. The quantitative estimate of drug-likeness (QED) is 0.405. The molecule has 0 spiro atoms. The SMILES string of the molecule is CCN(C)CC.Cc1cccc(C)c1N1Cc2cnc(Nc3ccc(N)cc3)nc2N(C2CCOCC2)C1=O. The van der Waals surface area contributed by atoms with Crippen molar-refractivity contribution in [3.8, 4) is 0 Å². The monoisotopic (exact) mass is 531 g/mol. The summed E-state index contributed by atoms with van der Waals surface area (Å²) in [6.45, 7) is 12.4. The van der Waals surface area contributed by atoms with E-state index in [2.05, 4.69) is 36.1 Å². The maximum absolute atomic E-state index is 13.9. The number of nitrogen functional groups attached to an aromatic ring is 1. The third-order valence-electron chi connectivity index (χ3n) is 7.35. The first-order valence-corrected chi connectivity index (χ1v) is 13.7. The lowest BCUT2D eigenvalue weighted by molar-refractivity contribution is 0.0854. The van der Waals surface area contributed by atoms with E-state index in [9.17, 15) is 4.79 Å². The largest absolute Gasteiger partial charge is 0.399 e. The zero-order chi connectivity index (χ0) is 27.9. The van der Waals surface area contributed by atoms with Crippen molar-refractivity contribution in [2.45, 2.75) is 53.1 Å². The Morgan fingerprint density at radius 1 is 1.05 bits per heavy atom. The molecule has 0 saturated carbocycles. The second-order valence-electron chi connectivity index (χ2n) is 10.1. The highest BCUT2D eigenvalue weighted by Crippen LogP contribution is 2.36. The summed E-state index contributed by atoms with van der Waals surface area (Å²) in [5, 5.41) is 3.23. The van der Waals surface area contributed by atoms with Gasteiger partial charge in [-0.1, -0.05) is 32.0 Å². The van der Waals surface area contributed by atoms with E-state index in [-0.39, 0.29) is 12.1 Å². The van der Waals surface area contributed by atoms with Crippen LogP contribution in [0.4, 0.5) is 33.6 Å². The van der Waals surface area contributed by atoms with Crippen LogP contribution in [0.1, 0.15) is 43.4 Å². The third-order valence-corrected chi connectivity index (χ3v) is 7.35. The Balaban J connectivity index is 0.000000531. The second kappa shape index (κ2) is 12.9. The number of amides is 2. The molecule has 9 heteroatoms. The molecule has 1 aromatic heterocycles. The molecule has 1 saturated heterocycles. The van der Waals surface area contributed by atoms with Gasteiger partial charge in [-0.25, -0.2) is 9.78 Å². The number of carbonyl (C=O) groups excluding carboxylic acids is 1. The fraction of sp³-hybridized carbons (Fsp3) is 0.433. The number of nitrogens with two attached hydrogens (primary N) is 1. The summed E-state index contributed by atoms with van der Waals surface area (Å²) in [6.07, 6.45) is 3.37. The Labute approximate surface area is 232 Å². The van der Waals surface area contributed by atoms with Crippen LogP contribution in [0.2, 0.25) is 0 Å². The Bertz CT molecular complexity index is 1230. The maximum Gasteiger partial charge on any atom is 0.330 e. The number of hydrogen-bond acceptors (Lipinski definition) is 7. The number of benzene rings is 2. The molecule has 2 aliphatic heterocycles. The molecule has 0 atom stereocenters. The lowest BCUT2D eigenvalue weighted by Gasteiger charge is -2.42. The van der Waals surface area contributed by atoms with Gasteiger partial charge in [0.25, 0.3) is 0 Å². The van der Waals surface area contributed by atoms with E-state index in [1.165, 1.54) is 0 Å². The summed E-state index contributed by atoms with van der Waals surface area (Å²) >= 11 is 0. The van der Waals surface area contributed by atoms with Crippen LogP contribution in [0, 0.1) is 13.8 Å². The van der Waals surface area contributed by atoms with Crippen molar-refractivity contribution >= 4 is 34.9 Å². The van der Waals surface area contributed by atoms with Crippen LogP contribution in [-0.2, 0) is 11.3 Å². The molecule has 3 heterocycles.